The molecule has 1 aromatic heterocycles. The van der Waals surface area contributed by atoms with E-state index in [1.54, 1.807) is 0 Å². The Labute approximate surface area is 172 Å². The van der Waals surface area contributed by atoms with Crippen molar-refractivity contribution >= 4 is 11.8 Å². The molecule has 1 N–H and O–H groups in total. The van der Waals surface area contributed by atoms with Crippen molar-refractivity contribution in [3.05, 3.63) is 66.4 Å². The molecular formula is C24H27N3O2. The third-order valence-electron chi connectivity index (χ3n) is 5.03. The van der Waals surface area contributed by atoms with Gasteiger partial charge in [-0.05, 0) is 24.6 Å². The molecular weight excluding hydrogens is 362 g/mol. The number of ether oxygens (including phenoxy) is 2. The van der Waals surface area contributed by atoms with Gasteiger partial charge >= 0.3 is 0 Å². The van der Waals surface area contributed by atoms with E-state index in [1.165, 1.54) is 5.69 Å². The first-order valence-corrected chi connectivity index (χ1v) is 10.2. The van der Waals surface area contributed by atoms with Crippen LogP contribution in [0.1, 0.15) is 12.5 Å². The summed E-state index contributed by atoms with van der Waals surface area (Å²) >= 11 is 0. The zero-order chi connectivity index (χ0) is 19.9. The van der Waals surface area contributed by atoms with Crippen molar-refractivity contribution in [2.75, 3.05) is 44.4 Å². The smallest absolute Gasteiger partial charge is 0.138 e. The molecule has 0 amide bonds. The molecule has 0 aliphatic carbocycles. The molecule has 3 aromatic rings. The number of aromatic nitrogens is 2. The van der Waals surface area contributed by atoms with Crippen LogP contribution in [0.3, 0.4) is 0 Å². The van der Waals surface area contributed by atoms with E-state index in [0.717, 1.165) is 61.1 Å². The summed E-state index contributed by atoms with van der Waals surface area (Å²) in [7, 11) is 0. The van der Waals surface area contributed by atoms with Crippen LogP contribution in [0.4, 0.5) is 5.69 Å². The molecule has 0 unspecified atom stereocenters. The van der Waals surface area contributed by atoms with Crippen molar-refractivity contribution in [3.8, 4) is 22.6 Å². The minimum atomic E-state index is 0.643. The van der Waals surface area contributed by atoms with E-state index in [9.17, 15) is 0 Å². The van der Waals surface area contributed by atoms with Gasteiger partial charge in [0.15, 0.2) is 0 Å². The van der Waals surface area contributed by atoms with Crippen molar-refractivity contribution in [2.24, 2.45) is 0 Å². The van der Waals surface area contributed by atoms with Gasteiger partial charge in [-0.1, -0.05) is 48.6 Å². The summed E-state index contributed by atoms with van der Waals surface area (Å²) in [5, 5.41) is 0. The number of nitrogens with zero attached hydrogens (tertiary/aromatic N) is 2. The summed E-state index contributed by atoms with van der Waals surface area (Å²) in [5.41, 5.74) is 5.53. The largest absolute Gasteiger partial charge is 0.378 e. The number of anilines is 1. The Balaban J connectivity index is 1.43. The first-order valence-electron chi connectivity index (χ1n) is 10.2. The normalized spacial score (nSPS) is 14.6. The summed E-state index contributed by atoms with van der Waals surface area (Å²) in [5.74, 6) is 0.877. The molecule has 0 bridgehead atoms. The third kappa shape index (κ3) is 4.94. The predicted octanol–water partition coefficient (Wildman–Crippen LogP) is 4.63. The maximum Gasteiger partial charge on any atom is 0.138 e. The lowest BCUT2D eigenvalue weighted by Gasteiger charge is -2.28. The van der Waals surface area contributed by atoms with Crippen LogP contribution in [0.2, 0.25) is 0 Å². The molecule has 0 spiro atoms. The number of nitrogens with one attached hydrogen (secondary N) is 1. The number of hydrogen-bond acceptors (Lipinski definition) is 4. The van der Waals surface area contributed by atoms with Gasteiger partial charge in [0.1, 0.15) is 5.82 Å². The van der Waals surface area contributed by atoms with Gasteiger partial charge < -0.3 is 19.4 Å². The number of imidazole rings is 1. The molecule has 29 heavy (non-hydrogen) atoms. The Kier molecular flexibility index (Phi) is 6.39. The molecule has 1 aliphatic heterocycles. The van der Waals surface area contributed by atoms with Crippen molar-refractivity contribution < 1.29 is 9.47 Å². The van der Waals surface area contributed by atoms with Gasteiger partial charge in [-0.2, -0.15) is 0 Å². The van der Waals surface area contributed by atoms with Crippen LogP contribution in [0.25, 0.3) is 28.7 Å². The van der Waals surface area contributed by atoms with Crippen LogP contribution in [0.5, 0.6) is 0 Å². The maximum atomic E-state index is 5.43. The van der Waals surface area contributed by atoms with Crippen molar-refractivity contribution in [1.29, 1.82) is 0 Å². The lowest BCUT2D eigenvalue weighted by Crippen LogP contribution is -2.36. The highest BCUT2D eigenvalue weighted by molar-refractivity contribution is 5.67. The molecule has 0 radical (unpaired) electrons. The average molecular weight is 389 g/mol. The second-order valence-corrected chi connectivity index (χ2v) is 6.96. The number of rotatable bonds is 7. The lowest BCUT2D eigenvalue weighted by atomic mass is 10.1. The standard InChI is InChI=1S/C24H27N3O2/c1-2-28-15-3-4-19-5-7-21(8-6-19)24-25-18-23(26-24)20-9-11-22(12-10-20)27-13-16-29-17-14-27/h3-12,18H,2,13-17H2,1H3,(H,25,26)/b4-3+. The van der Waals surface area contributed by atoms with E-state index >= 15 is 0 Å². The molecule has 0 saturated carbocycles. The molecule has 5 nitrogen and oxygen atoms in total. The van der Waals surface area contributed by atoms with Crippen LogP contribution in [0.15, 0.2) is 60.8 Å². The molecule has 1 saturated heterocycles. The zero-order valence-electron chi connectivity index (χ0n) is 16.8. The highest BCUT2D eigenvalue weighted by Crippen LogP contribution is 2.25. The van der Waals surface area contributed by atoms with Gasteiger partial charge in [-0.25, -0.2) is 4.98 Å². The molecule has 1 fully saturated rings. The molecule has 150 valence electrons. The van der Waals surface area contributed by atoms with Gasteiger partial charge in [0.2, 0.25) is 0 Å². The monoisotopic (exact) mass is 389 g/mol. The fraction of sp³-hybridized carbons (Fsp3) is 0.292. The number of benzene rings is 2. The van der Waals surface area contributed by atoms with E-state index in [1.807, 2.05) is 19.2 Å². The second kappa shape index (κ2) is 9.54. The van der Waals surface area contributed by atoms with Gasteiger partial charge in [0.25, 0.3) is 0 Å². The third-order valence-corrected chi connectivity index (χ3v) is 5.03. The summed E-state index contributed by atoms with van der Waals surface area (Å²) in [6, 6.07) is 17.0. The molecule has 2 heterocycles. The summed E-state index contributed by atoms with van der Waals surface area (Å²) in [6.45, 7) is 6.87. The van der Waals surface area contributed by atoms with E-state index in [-0.39, 0.29) is 0 Å². The first-order chi connectivity index (χ1) is 14.3. The first kappa shape index (κ1) is 19.4. The Morgan fingerprint density at radius 2 is 1.76 bits per heavy atom. The Bertz CT molecular complexity index is 924. The van der Waals surface area contributed by atoms with E-state index in [4.69, 9.17) is 14.5 Å². The quantitative estimate of drug-likeness (QED) is 0.599. The van der Waals surface area contributed by atoms with Crippen LogP contribution >= 0.6 is 0 Å². The SMILES string of the molecule is CCOC/C=C/c1ccc(-c2nc(-c3ccc(N4CCOCC4)cc3)c[nH]2)cc1. The topological polar surface area (TPSA) is 50.4 Å². The van der Waals surface area contributed by atoms with Crippen LogP contribution in [-0.4, -0.2) is 49.5 Å². The fourth-order valence-corrected chi connectivity index (χ4v) is 3.40. The van der Waals surface area contributed by atoms with Crippen molar-refractivity contribution in [1.82, 2.24) is 9.97 Å². The van der Waals surface area contributed by atoms with Crippen molar-refractivity contribution in [2.45, 2.75) is 6.92 Å². The van der Waals surface area contributed by atoms with Gasteiger partial charge in [0, 0.05) is 42.7 Å². The molecule has 5 heteroatoms. The Morgan fingerprint density at radius 3 is 2.48 bits per heavy atom. The molecule has 0 atom stereocenters. The average Bonchev–Trinajstić information content (AvgIpc) is 3.28. The number of morpholine rings is 1. The summed E-state index contributed by atoms with van der Waals surface area (Å²) in [4.78, 5) is 10.4. The lowest BCUT2D eigenvalue weighted by molar-refractivity contribution is 0.122. The molecule has 4 rings (SSSR count). The van der Waals surface area contributed by atoms with Crippen LogP contribution in [-0.2, 0) is 9.47 Å². The molecule has 1 aliphatic rings. The highest BCUT2D eigenvalue weighted by Gasteiger charge is 2.12. The maximum absolute atomic E-state index is 5.43. The summed E-state index contributed by atoms with van der Waals surface area (Å²) < 4.78 is 10.8. The van der Waals surface area contributed by atoms with Crippen molar-refractivity contribution in [3.63, 3.8) is 0 Å². The minimum Gasteiger partial charge on any atom is -0.378 e. The van der Waals surface area contributed by atoms with Gasteiger partial charge in [-0.15, -0.1) is 0 Å². The van der Waals surface area contributed by atoms with Gasteiger partial charge in [0.05, 0.1) is 25.5 Å². The van der Waals surface area contributed by atoms with E-state index in [0.29, 0.717) is 6.61 Å². The van der Waals surface area contributed by atoms with E-state index < -0.39 is 0 Å². The number of hydrogen-bond donors (Lipinski definition) is 1. The molecule has 2 aromatic carbocycles. The number of aromatic amines is 1. The Morgan fingerprint density at radius 1 is 1.03 bits per heavy atom. The second-order valence-electron chi connectivity index (χ2n) is 6.96. The zero-order valence-corrected chi connectivity index (χ0v) is 16.8. The fourth-order valence-electron chi connectivity index (χ4n) is 3.40. The predicted molar refractivity (Wildman–Crippen MR) is 118 cm³/mol. The minimum absolute atomic E-state index is 0.643. The van der Waals surface area contributed by atoms with Crippen LogP contribution < -0.4 is 4.90 Å². The summed E-state index contributed by atoms with van der Waals surface area (Å²) in [6.07, 6.45) is 6.07. The van der Waals surface area contributed by atoms with Crippen LogP contribution in [0, 0.1) is 0 Å². The highest BCUT2D eigenvalue weighted by atomic mass is 16.5. The van der Waals surface area contributed by atoms with E-state index in [2.05, 4.69) is 64.5 Å². The Hall–Kier alpha value is -2.89. The number of H-pyrrole nitrogens is 1. The van der Waals surface area contributed by atoms with Gasteiger partial charge in [-0.3, -0.25) is 0 Å².